The minimum absolute atomic E-state index is 0.0416. The van der Waals surface area contributed by atoms with Gasteiger partial charge in [-0.05, 0) is 13.1 Å². The molecule has 182 valence electrons. The number of amidine groups is 1. The van der Waals surface area contributed by atoms with Crippen molar-refractivity contribution < 1.29 is 56.9 Å². The zero-order valence-electron chi connectivity index (χ0n) is 16.6. The molecule has 1 amide bonds. The zero-order chi connectivity index (χ0) is 24.1. The van der Waals surface area contributed by atoms with Gasteiger partial charge in [0, 0.05) is 12.7 Å². The Labute approximate surface area is 180 Å². The highest BCUT2D eigenvalue weighted by Crippen LogP contribution is 2.42. The Kier molecular flexibility index (Phi) is 8.78. The molecule has 0 aromatic heterocycles. The number of nitrogens with one attached hydrogen (secondary N) is 2. The lowest BCUT2D eigenvalue weighted by Crippen LogP contribution is -2.52. The number of nitrogens with zero attached hydrogens (tertiary/aromatic N) is 2. The third-order valence-corrected chi connectivity index (χ3v) is 4.68. The average molecular weight is 488 g/mol. The summed E-state index contributed by atoms with van der Waals surface area (Å²) in [6.07, 6.45) is -6.56. The van der Waals surface area contributed by atoms with Gasteiger partial charge in [0.1, 0.15) is 11.9 Å². The number of alkyl halides is 2. The summed E-state index contributed by atoms with van der Waals surface area (Å²) in [6, 6.07) is 0. The lowest BCUT2D eigenvalue weighted by Gasteiger charge is -2.34. The number of hydrogen-bond acceptors (Lipinski definition) is 11. The first-order valence-electron chi connectivity index (χ1n) is 9.08. The molecule has 0 aliphatic carbocycles. The van der Waals surface area contributed by atoms with Crippen LogP contribution in [0.25, 0.3) is 0 Å². The first kappa shape index (κ1) is 26.2. The van der Waals surface area contributed by atoms with Crippen LogP contribution in [-0.4, -0.2) is 100 Å². The number of rotatable bonds is 9. The number of carbonyl (C=O) groups excluding carboxylic acids is 2. The summed E-state index contributed by atoms with van der Waals surface area (Å²) in [5, 5.41) is 24.8. The van der Waals surface area contributed by atoms with Crippen molar-refractivity contribution in [3.8, 4) is 0 Å². The number of aliphatic imine (C=N–C) groups is 1. The second-order valence-electron chi connectivity index (χ2n) is 6.62. The van der Waals surface area contributed by atoms with E-state index in [1.807, 2.05) is 0 Å². The maximum absolute atomic E-state index is 14.4. The molecule has 2 rings (SSSR count). The van der Waals surface area contributed by atoms with Gasteiger partial charge in [0.15, 0.2) is 12.7 Å². The molecule has 1 fully saturated rings. The third-order valence-electron chi connectivity index (χ3n) is 4.19. The van der Waals surface area contributed by atoms with Gasteiger partial charge in [-0.15, -0.1) is 0 Å². The van der Waals surface area contributed by atoms with Crippen LogP contribution in [0.15, 0.2) is 17.3 Å². The van der Waals surface area contributed by atoms with Crippen molar-refractivity contribution in [3.05, 3.63) is 12.3 Å². The molecule has 0 aromatic rings. The molecule has 6 N–H and O–H groups in total. The number of phosphoric acid groups is 1. The van der Waals surface area contributed by atoms with Gasteiger partial charge in [0.05, 0.1) is 13.0 Å². The van der Waals surface area contributed by atoms with Gasteiger partial charge in [0.2, 0.25) is 12.6 Å². The van der Waals surface area contributed by atoms with E-state index in [4.69, 9.17) is 19.3 Å². The van der Waals surface area contributed by atoms with Gasteiger partial charge in [0.25, 0.3) is 5.91 Å². The summed E-state index contributed by atoms with van der Waals surface area (Å²) in [6.45, 7) is -1.32. The van der Waals surface area contributed by atoms with Crippen LogP contribution in [0.2, 0.25) is 0 Å². The maximum atomic E-state index is 14.4. The SMILES string of the molecule is CNCCC(=O)OCC(=O)NC1=NC(O)N([C@@H]2O[C@H](COP(=O)(O)O)[C@H](O)C2(F)F)C=C1. The lowest BCUT2D eigenvalue weighted by atomic mass is 10.1. The molecule has 0 radical (unpaired) electrons. The van der Waals surface area contributed by atoms with Crippen molar-refractivity contribution >= 4 is 25.5 Å². The van der Waals surface area contributed by atoms with E-state index in [0.29, 0.717) is 11.4 Å². The van der Waals surface area contributed by atoms with E-state index in [1.165, 1.54) is 0 Å². The number of aliphatic hydroxyl groups is 2. The Morgan fingerprint density at radius 3 is 2.66 bits per heavy atom. The van der Waals surface area contributed by atoms with Gasteiger partial charge in [-0.3, -0.25) is 14.1 Å². The third kappa shape index (κ3) is 6.98. The molecule has 17 heteroatoms. The molecule has 0 bridgehead atoms. The van der Waals surface area contributed by atoms with Gasteiger partial charge < -0.3 is 45.0 Å². The van der Waals surface area contributed by atoms with Gasteiger partial charge in [-0.25, -0.2) is 9.56 Å². The average Bonchev–Trinajstić information content (AvgIpc) is 2.92. The van der Waals surface area contributed by atoms with Crippen molar-refractivity contribution in [2.45, 2.75) is 37.1 Å². The summed E-state index contributed by atoms with van der Waals surface area (Å²) >= 11 is 0. The molecule has 14 nitrogen and oxygen atoms in total. The van der Waals surface area contributed by atoms with Crippen LogP contribution < -0.4 is 10.6 Å². The molecule has 2 aliphatic rings. The fourth-order valence-electron chi connectivity index (χ4n) is 2.66. The summed E-state index contributed by atoms with van der Waals surface area (Å²) in [5.74, 6) is -5.63. The summed E-state index contributed by atoms with van der Waals surface area (Å²) < 4.78 is 53.3. The van der Waals surface area contributed by atoms with E-state index in [0.717, 1.165) is 12.3 Å². The number of esters is 1. The molecular weight excluding hydrogens is 465 g/mol. The summed E-state index contributed by atoms with van der Waals surface area (Å²) in [5.41, 5.74) is 0. The van der Waals surface area contributed by atoms with E-state index in [2.05, 4.69) is 20.1 Å². The van der Waals surface area contributed by atoms with Crippen molar-refractivity contribution in [2.75, 3.05) is 26.8 Å². The Balaban J connectivity index is 1.94. The predicted octanol–water partition coefficient (Wildman–Crippen LogP) is -2.41. The van der Waals surface area contributed by atoms with Crippen molar-refractivity contribution in [3.63, 3.8) is 0 Å². The lowest BCUT2D eigenvalue weighted by molar-refractivity contribution is -0.186. The Hall–Kier alpha value is -2.04. The quantitative estimate of drug-likeness (QED) is 0.149. The molecular formula is C15H23F2N4O10P. The number of aliphatic hydroxyl groups excluding tert-OH is 2. The second-order valence-corrected chi connectivity index (χ2v) is 7.86. The number of amides is 1. The maximum Gasteiger partial charge on any atom is 0.469 e. The minimum atomic E-state index is -5.00. The molecule has 0 saturated carbocycles. The number of halogens is 2. The zero-order valence-corrected chi connectivity index (χ0v) is 17.5. The summed E-state index contributed by atoms with van der Waals surface area (Å²) in [4.78, 5) is 44.7. The predicted molar refractivity (Wildman–Crippen MR) is 99.7 cm³/mol. The molecule has 2 heterocycles. The van der Waals surface area contributed by atoms with Crippen LogP contribution in [0.3, 0.4) is 0 Å². The molecule has 2 aliphatic heterocycles. The minimum Gasteiger partial charge on any atom is -0.456 e. The molecule has 0 spiro atoms. The molecule has 1 unspecified atom stereocenters. The Bertz CT molecular complexity index is 807. The van der Waals surface area contributed by atoms with Crippen LogP contribution in [0.5, 0.6) is 0 Å². The van der Waals surface area contributed by atoms with Crippen molar-refractivity contribution in [1.82, 2.24) is 15.5 Å². The van der Waals surface area contributed by atoms with E-state index in [9.17, 15) is 33.1 Å². The number of phosphoric ester groups is 1. The second kappa shape index (κ2) is 10.7. The highest BCUT2D eigenvalue weighted by Gasteiger charge is 2.61. The van der Waals surface area contributed by atoms with Crippen LogP contribution in [0.1, 0.15) is 6.42 Å². The smallest absolute Gasteiger partial charge is 0.456 e. The Morgan fingerprint density at radius 2 is 2.06 bits per heavy atom. The van der Waals surface area contributed by atoms with Crippen LogP contribution in [0, 0.1) is 0 Å². The fourth-order valence-corrected chi connectivity index (χ4v) is 3.00. The molecule has 32 heavy (non-hydrogen) atoms. The van der Waals surface area contributed by atoms with Gasteiger partial charge in [-0.2, -0.15) is 8.78 Å². The monoisotopic (exact) mass is 488 g/mol. The first-order valence-corrected chi connectivity index (χ1v) is 10.6. The highest BCUT2D eigenvalue weighted by atomic mass is 31.2. The Morgan fingerprint density at radius 1 is 1.38 bits per heavy atom. The van der Waals surface area contributed by atoms with Gasteiger partial charge >= 0.3 is 19.7 Å². The molecule has 0 aromatic carbocycles. The van der Waals surface area contributed by atoms with E-state index < -0.39 is 63.6 Å². The summed E-state index contributed by atoms with van der Waals surface area (Å²) in [7, 11) is -3.37. The van der Waals surface area contributed by atoms with Crippen molar-refractivity contribution in [1.29, 1.82) is 0 Å². The molecule has 4 atom stereocenters. The fraction of sp³-hybridized carbons (Fsp3) is 0.667. The molecule has 1 saturated heterocycles. The van der Waals surface area contributed by atoms with Crippen molar-refractivity contribution in [2.24, 2.45) is 4.99 Å². The standard InChI is InChI=1S/C15H23F2N4O10P/c1-18-4-2-11(23)29-7-10(22)19-9-3-5-21(14(25)20-9)13-15(16,17)12(24)8(31-13)6-30-32(26,27)28/h3,5,8,12-14,18,24-25H,2,4,6-7H2,1H3,(H,19,20,22)(H2,26,27,28)/t8-,12+,13-,14?/m1/s1. The largest absolute Gasteiger partial charge is 0.469 e. The van der Waals surface area contributed by atoms with E-state index in [1.54, 1.807) is 7.05 Å². The van der Waals surface area contributed by atoms with Crippen LogP contribution in [0.4, 0.5) is 8.78 Å². The first-order chi connectivity index (χ1) is 14.8. The number of carbonyl (C=O) groups is 2. The number of hydrogen-bond donors (Lipinski definition) is 6. The van der Waals surface area contributed by atoms with E-state index in [-0.39, 0.29) is 12.3 Å². The normalized spacial score (nSPS) is 27.2. The highest BCUT2D eigenvalue weighted by molar-refractivity contribution is 7.46. The van der Waals surface area contributed by atoms with Gasteiger partial charge in [-0.1, -0.05) is 0 Å². The van der Waals surface area contributed by atoms with E-state index >= 15 is 0 Å². The topological polar surface area (TPSA) is 199 Å². The van der Waals surface area contributed by atoms with Crippen LogP contribution in [-0.2, 0) is 28.2 Å². The number of ether oxygens (including phenoxy) is 2. The van der Waals surface area contributed by atoms with Crippen LogP contribution >= 0.6 is 7.82 Å².